The van der Waals surface area contributed by atoms with Gasteiger partial charge in [-0.25, -0.2) is 13.2 Å². The Labute approximate surface area is 133 Å². The molecular formula is C17H18F3N3. The fraction of sp³-hybridized carbons (Fsp3) is 0.353. The first-order valence-electron chi connectivity index (χ1n) is 7.59. The first-order chi connectivity index (χ1) is 11.0. The lowest BCUT2D eigenvalue weighted by molar-refractivity contribution is 0.477. The highest BCUT2D eigenvalue weighted by atomic mass is 19.1. The third-order valence-corrected chi connectivity index (χ3v) is 4.15. The van der Waals surface area contributed by atoms with Crippen LogP contribution >= 0.6 is 0 Å². The van der Waals surface area contributed by atoms with E-state index in [4.69, 9.17) is 0 Å². The van der Waals surface area contributed by atoms with E-state index >= 15 is 0 Å². The molecule has 0 saturated carbocycles. The second-order valence-electron chi connectivity index (χ2n) is 5.85. The summed E-state index contributed by atoms with van der Waals surface area (Å²) in [7, 11) is 0. The van der Waals surface area contributed by atoms with Crippen LogP contribution in [0, 0.1) is 17.5 Å². The van der Waals surface area contributed by atoms with Crippen LogP contribution in [0.2, 0.25) is 0 Å². The monoisotopic (exact) mass is 321 g/mol. The number of rotatable bonds is 4. The van der Waals surface area contributed by atoms with Crippen molar-refractivity contribution in [2.75, 3.05) is 18.0 Å². The lowest BCUT2D eigenvalue weighted by Gasteiger charge is -2.22. The molecule has 1 aliphatic heterocycles. The van der Waals surface area contributed by atoms with E-state index in [1.54, 1.807) is 6.20 Å². The fourth-order valence-corrected chi connectivity index (χ4v) is 2.97. The number of pyridine rings is 1. The van der Waals surface area contributed by atoms with Crippen molar-refractivity contribution in [3.8, 4) is 0 Å². The van der Waals surface area contributed by atoms with Crippen LogP contribution in [0.3, 0.4) is 0 Å². The Morgan fingerprint density at radius 2 is 2.00 bits per heavy atom. The third-order valence-electron chi connectivity index (χ3n) is 4.15. The molecule has 3 nitrogen and oxygen atoms in total. The number of anilines is 1. The number of aromatic nitrogens is 1. The van der Waals surface area contributed by atoms with Gasteiger partial charge in [-0.3, -0.25) is 4.98 Å². The van der Waals surface area contributed by atoms with Gasteiger partial charge in [-0.2, -0.15) is 0 Å². The van der Waals surface area contributed by atoms with E-state index in [0.717, 1.165) is 18.1 Å². The van der Waals surface area contributed by atoms with E-state index in [-0.39, 0.29) is 17.9 Å². The number of benzene rings is 1. The topological polar surface area (TPSA) is 28.2 Å². The van der Waals surface area contributed by atoms with Crippen LogP contribution in [0.1, 0.15) is 24.9 Å². The maximum absolute atomic E-state index is 13.8. The molecule has 6 heteroatoms. The van der Waals surface area contributed by atoms with E-state index in [1.165, 1.54) is 24.4 Å². The van der Waals surface area contributed by atoms with Crippen LogP contribution in [0.15, 0.2) is 36.7 Å². The van der Waals surface area contributed by atoms with Gasteiger partial charge < -0.3 is 10.2 Å². The average Bonchev–Trinajstić information content (AvgIpc) is 2.95. The van der Waals surface area contributed by atoms with Gasteiger partial charge in [0.2, 0.25) is 0 Å². The molecule has 2 atom stereocenters. The lowest BCUT2D eigenvalue weighted by atomic mass is 10.1. The minimum Gasteiger partial charge on any atom is -0.368 e. The maximum atomic E-state index is 13.8. The van der Waals surface area contributed by atoms with Crippen LogP contribution in [-0.2, 0) is 0 Å². The average molecular weight is 321 g/mol. The molecule has 0 spiro atoms. The Morgan fingerprint density at radius 1 is 1.17 bits per heavy atom. The van der Waals surface area contributed by atoms with E-state index in [1.807, 2.05) is 11.8 Å². The largest absolute Gasteiger partial charge is 0.368 e. The predicted octanol–water partition coefficient (Wildman–Crippen LogP) is 3.43. The highest BCUT2D eigenvalue weighted by molar-refractivity contribution is 5.49. The Balaban J connectivity index is 1.63. The van der Waals surface area contributed by atoms with Crippen molar-refractivity contribution in [3.63, 3.8) is 0 Å². The summed E-state index contributed by atoms with van der Waals surface area (Å²) in [5.41, 5.74) is 1.19. The van der Waals surface area contributed by atoms with Crippen molar-refractivity contribution in [3.05, 3.63) is 59.7 Å². The van der Waals surface area contributed by atoms with Crippen molar-refractivity contribution < 1.29 is 13.2 Å². The van der Waals surface area contributed by atoms with Crippen LogP contribution in [0.5, 0.6) is 0 Å². The molecule has 1 saturated heterocycles. The number of hydrogen-bond acceptors (Lipinski definition) is 3. The Kier molecular flexibility index (Phi) is 4.52. The minimum atomic E-state index is -0.577. The molecular weight excluding hydrogens is 303 g/mol. The highest BCUT2D eigenvalue weighted by Crippen LogP contribution is 2.25. The molecule has 0 bridgehead atoms. The number of hydrogen-bond donors (Lipinski definition) is 1. The molecule has 23 heavy (non-hydrogen) atoms. The van der Waals surface area contributed by atoms with Gasteiger partial charge in [0, 0.05) is 37.4 Å². The van der Waals surface area contributed by atoms with E-state index in [2.05, 4.69) is 10.3 Å². The smallest absolute Gasteiger partial charge is 0.149 e. The molecule has 1 aromatic carbocycles. The van der Waals surface area contributed by atoms with E-state index in [0.29, 0.717) is 18.8 Å². The van der Waals surface area contributed by atoms with Crippen molar-refractivity contribution in [1.29, 1.82) is 0 Å². The first kappa shape index (κ1) is 15.8. The second kappa shape index (κ2) is 6.58. The molecule has 1 aromatic heterocycles. The summed E-state index contributed by atoms with van der Waals surface area (Å²) in [6.45, 7) is 3.25. The minimum absolute atomic E-state index is 0.0544. The van der Waals surface area contributed by atoms with Gasteiger partial charge in [0.05, 0.1) is 11.9 Å². The summed E-state index contributed by atoms with van der Waals surface area (Å²) in [4.78, 5) is 5.74. The summed E-state index contributed by atoms with van der Waals surface area (Å²) in [6, 6.07) is 5.18. The number of nitrogens with zero attached hydrogens (tertiary/aromatic N) is 2. The zero-order valence-corrected chi connectivity index (χ0v) is 12.8. The van der Waals surface area contributed by atoms with Gasteiger partial charge in [0.25, 0.3) is 0 Å². The molecule has 0 aliphatic carbocycles. The molecule has 122 valence electrons. The lowest BCUT2D eigenvalue weighted by Crippen LogP contribution is -2.34. The van der Waals surface area contributed by atoms with E-state index in [9.17, 15) is 13.2 Å². The summed E-state index contributed by atoms with van der Waals surface area (Å²) in [5.74, 6) is -1.49. The molecule has 2 aromatic rings. The van der Waals surface area contributed by atoms with Crippen LogP contribution in [0.4, 0.5) is 18.9 Å². The first-order valence-corrected chi connectivity index (χ1v) is 7.59. The summed E-state index contributed by atoms with van der Waals surface area (Å²) in [6.07, 6.45) is 3.64. The molecule has 0 amide bonds. The quantitative estimate of drug-likeness (QED) is 0.935. The summed E-state index contributed by atoms with van der Waals surface area (Å²) >= 11 is 0. The van der Waals surface area contributed by atoms with Crippen molar-refractivity contribution in [2.24, 2.45) is 0 Å². The zero-order valence-electron chi connectivity index (χ0n) is 12.8. The van der Waals surface area contributed by atoms with Gasteiger partial charge in [0.1, 0.15) is 17.5 Å². The van der Waals surface area contributed by atoms with Gasteiger partial charge in [0.15, 0.2) is 0 Å². The molecule has 0 unspecified atom stereocenters. The number of halogens is 3. The van der Waals surface area contributed by atoms with Crippen molar-refractivity contribution in [1.82, 2.24) is 10.3 Å². The Bertz CT molecular complexity index is 693. The van der Waals surface area contributed by atoms with Crippen LogP contribution in [0.25, 0.3) is 0 Å². The zero-order chi connectivity index (χ0) is 16.4. The normalized spacial score (nSPS) is 19.1. The van der Waals surface area contributed by atoms with E-state index < -0.39 is 11.6 Å². The molecule has 1 fully saturated rings. The molecule has 3 rings (SSSR count). The predicted molar refractivity (Wildman–Crippen MR) is 82.7 cm³/mol. The van der Waals surface area contributed by atoms with Gasteiger partial charge in [-0.05, 0) is 37.1 Å². The second-order valence-corrected chi connectivity index (χ2v) is 5.85. The van der Waals surface area contributed by atoms with Crippen LogP contribution in [-0.4, -0.2) is 24.1 Å². The third kappa shape index (κ3) is 3.64. The molecule has 1 N–H and O–H groups in total. The summed E-state index contributed by atoms with van der Waals surface area (Å²) < 4.78 is 40.1. The van der Waals surface area contributed by atoms with Gasteiger partial charge in [-0.1, -0.05) is 0 Å². The highest BCUT2D eigenvalue weighted by Gasteiger charge is 2.26. The van der Waals surface area contributed by atoms with Gasteiger partial charge in [-0.15, -0.1) is 0 Å². The van der Waals surface area contributed by atoms with Crippen LogP contribution < -0.4 is 10.2 Å². The SMILES string of the molecule is C[C@H](N[C@@H]1CCN(c2ccc(F)cc2F)C1)c1cncc(F)c1. The molecule has 0 radical (unpaired) electrons. The van der Waals surface area contributed by atoms with Crippen molar-refractivity contribution >= 4 is 5.69 Å². The fourth-order valence-electron chi connectivity index (χ4n) is 2.97. The molecule has 1 aliphatic rings. The Hall–Kier alpha value is -2.08. The number of nitrogens with one attached hydrogen (secondary N) is 1. The Morgan fingerprint density at radius 3 is 2.74 bits per heavy atom. The maximum Gasteiger partial charge on any atom is 0.149 e. The van der Waals surface area contributed by atoms with Gasteiger partial charge >= 0.3 is 0 Å². The summed E-state index contributed by atoms with van der Waals surface area (Å²) in [5, 5.41) is 3.41. The van der Waals surface area contributed by atoms with Crippen molar-refractivity contribution in [2.45, 2.75) is 25.4 Å². The standard InChI is InChI=1S/C17H18F3N3/c1-11(12-6-14(19)9-21-8-12)22-15-4-5-23(10-15)17-3-2-13(18)7-16(17)20/h2-3,6-9,11,15,22H,4-5,10H2,1H3/t11-,15+/m0/s1. The molecule has 2 heterocycles.